The highest BCUT2D eigenvalue weighted by molar-refractivity contribution is 6.04. The van der Waals surface area contributed by atoms with E-state index in [-0.39, 0.29) is 23.7 Å². The molecular weight excluding hydrogens is 401 g/mol. The minimum Gasteiger partial charge on any atom is -0.367 e. The quantitative estimate of drug-likeness (QED) is 0.586. The van der Waals surface area contributed by atoms with Crippen LogP contribution in [0.2, 0.25) is 0 Å². The average Bonchev–Trinajstić information content (AvgIpc) is 3.37. The van der Waals surface area contributed by atoms with Gasteiger partial charge in [0.25, 0.3) is 5.91 Å². The van der Waals surface area contributed by atoms with E-state index < -0.39 is 11.7 Å². The third kappa shape index (κ3) is 3.75. The van der Waals surface area contributed by atoms with E-state index in [2.05, 4.69) is 37.6 Å². The Morgan fingerprint density at radius 3 is 2.90 bits per heavy atom. The summed E-state index contributed by atoms with van der Waals surface area (Å²) >= 11 is 0. The molecule has 0 unspecified atom stereocenters. The van der Waals surface area contributed by atoms with E-state index in [0.29, 0.717) is 28.8 Å². The summed E-state index contributed by atoms with van der Waals surface area (Å²) in [6.45, 7) is 3.85. The third-order valence-corrected chi connectivity index (χ3v) is 5.05. The molecule has 2 fully saturated rings. The van der Waals surface area contributed by atoms with Crippen molar-refractivity contribution in [2.24, 2.45) is 0 Å². The fraction of sp³-hybridized carbons (Fsp3) is 0.190. The lowest BCUT2D eigenvalue weighted by atomic mass is 10.1. The number of carbonyl (C=O) groups is 2. The summed E-state index contributed by atoms with van der Waals surface area (Å²) in [4.78, 5) is 32.4. The van der Waals surface area contributed by atoms with Gasteiger partial charge in [-0.2, -0.15) is 9.61 Å². The maximum Gasteiger partial charge on any atom is 0.259 e. The maximum absolute atomic E-state index is 13.9. The molecule has 1 aliphatic heterocycles. The van der Waals surface area contributed by atoms with E-state index in [0.717, 1.165) is 24.6 Å². The summed E-state index contributed by atoms with van der Waals surface area (Å²) in [6.07, 6.45) is 8.07. The Morgan fingerprint density at radius 1 is 1.35 bits per heavy atom. The number of pyridine rings is 1. The second kappa shape index (κ2) is 7.31. The number of aromatic nitrogens is 4. The molecule has 2 amide bonds. The highest BCUT2D eigenvalue weighted by atomic mass is 19.1. The molecule has 0 bridgehead atoms. The zero-order chi connectivity index (χ0) is 21.5. The molecule has 9 nitrogen and oxygen atoms in total. The van der Waals surface area contributed by atoms with Crippen LogP contribution in [0.15, 0.2) is 48.6 Å². The largest absolute Gasteiger partial charge is 0.367 e. The zero-order valence-electron chi connectivity index (χ0n) is 16.4. The third-order valence-electron chi connectivity index (χ3n) is 5.05. The summed E-state index contributed by atoms with van der Waals surface area (Å²) in [5, 5.41) is 13.1. The lowest BCUT2D eigenvalue weighted by Crippen LogP contribution is -2.16. The normalized spacial score (nSPS) is 17.3. The number of hydrogen-bond acceptors (Lipinski definition) is 6. The zero-order valence-corrected chi connectivity index (χ0v) is 16.4. The number of halogens is 1. The molecule has 1 saturated heterocycles. The molecule has 0 radical (unpaired) electrons. The number of nitrogens with one attached hydrogen (secondary N) is 3. The van der Waals surface area contributed by atoms with Crippen molar-refractivity contribution in [2.75, 3.05) is 10.6 Å². The molecule has 2 aliphatic rings. The van der Waals surface area contributed by atoms with Gasteiger partial charge in [0.05, 0.1) is 24.4 Å². The fourth-order valence-electron chi connectivity index (χ4n) is 3.33. The molecule has 1 saturated carbocycles. The minimum absolute atomic E-state index is 0.121. The number of fused-ring (bicyclic) bond motifs is 1. The van der Waals surface area contributed by atoms with E-state index in [4.69, 9.17) is 0 Å². The Hall–Kier alpha value is -4.08. The fourth-order valence-corrected chi connectivity index (χ4v) is 3.33. The second-order valence-electron chi connectivity index (χ2n) is 7.46. The van der Waals surface area contributed by atoms with Gasteiger partial charge in [-0.3, -0.25) is 14.6 Å². The van der Waals surface area contributed by atoms with Gasteiger partial charge in [-0.05, 0) is 30.6 Å². The highest BCUT2D eigenvalue weighted by Gasteiger charge is 2.24. The average molecular weight is 419 g/mol. The van der Waals surface area contributed by atoms with Crippen LogP contribution in [0.25, 0.3) is 11.7 Å². The lowest BCUT2D eigenvalue weighted by molar-refractivity contribution is -0.118. The number of rotatable bonds is 5. The first-order chi connectivity index (χ1) is 15.0. The molecule has 5 rings (SSSR count). The van der Waals surface area contributed by atoms with Gasteiger partial charge in [-0.15, -0.1) is 0 Å². The van der Waals surface area contributed by atoms with Gasteiger partial charge in [0.1, 0.15) is 11.6 Å². The van der Waals surface area contributed by atoms with E-state index >= 15 is 0 Å². The van der Waals surface area contributed by atoms with Crippen LogP contribution in [0, 0.1) is 5.82 Å². The Labute approximate surface area is 176 Å². The van der Waals surface area contributed by atoms with Crippen molar-refractivity contribution >= 4 is 35.2 Å². The van der Waals surface area contributed by atoms with Crippen LogP contribution < -0.4 is 16.0 Å². The molecule has 31 heavy (non-hydrogen) atoms. The van der Waals surface area contributed by atoms with E-state index in [1.807, 2.05) is 0 Å². The first-order valence-electron chi connectivity index (χ1n) is 9.74. The van der Waals surface area contributed by atoms with Gasteiger partial charge >= 0.3 is 0 Å². The molecule has 0 atom stereocenters. The molecule has 156 valence electrons. The van der Waals surface area contributed by atoms with Crippen LogP contribution in [-0.4, -0.2) is 37.4 Å². The molecule has 3 N–H and O–H groups in total. The molecule has 4 heterocycles. The van der Waals surface area contributed by atoms with Crippen LogP contribution in [0.4, 0.5) is 16.0 Å². The van der Waals surface area contributed by atoms with Crippen molar-refractivity contribution in [1.82, 2.24) is 24.9 Å². The van der Waals surface area contributed by atoms with E-state index in [1.54, 1.807) is 22.9 Å². The van der Waals surface area contributed by atoms with Gasteiger partial charge in [0, 0.05) is 29.6 Å². The van der Waals surface area contributed by atoms with Crippen LogP contribution in [0.1, 0.15) is 35.2 Å². The number of carbonyl (C=O) groups excluding carboxylic acids is 2. The SMILES string of the molecule is C=C1NC(=O)C/C1=C\c1cnn2c(NC3CC3)cc(NC(=O)c3ccncc3F)nc12. The van der Waals surface area contributed by atoms with Gasteiger partial charge < -0.3 is 16.0 Å². The van der Waals surface area contributed by atoms with Gasteiger partial charge in [0.2, 0.25) is 5.91 Å². The summed E-state index contributed by atoms with van der Waals surface area (Å²) in [7, 11) is 0. The molecule has 0 aromatic carbocycles. The monoisotopic (exact) mass is 419 g/mol. The van der Waals surface area contributed by atoms with Crippen LogP contribution >= 0.6 is 0 Å². The first kappa shape index (κ1) is 18.9. The van der Waals surface area contributed by atoms with Crippen molar-refractivity contribution in [3.63, 3.8) is 0 Å². The predicted molar refractivity (Wildman–Crippen MR) is 112 cm³/mol. The van der Waals surface area contributed by atoms with Gasteiger partial charge in [-0.25, -0.2) is 9.37 Å². The summed E-state index contributed by atoms with van der Waals surface area (Å²) in [6, 6.07) is 3.29. The second-order valence-corrected chi connectivity index (χ2v) is 7.46. The van der Waals surface area contributed by atoms with Crippen LogP contribution in [-0.2, 0) is 4.79 Å². The van der Waals surface area contributed by atoms with E-state index in [9.17, 15) is 14.0 Å². The Bertz CT molecular complexity index is 1280. The molecule has 3 aromatic rings. The van der Waals surface area contributed by atoms with Crippen molar-refractivity contribution in [1.29, 1.82) is 0 Å². The van der Waals surface area contributed by atoms with Gasteiger partial charge in [0.15, 0.2) is 11.5 Å². The molecule has 0 spiro atoms. The van der Waals surface area contributed by atoms with Crippen LogP contribution in [0.5, 0.6) is 0 Å². The number of allylic oxidation sites excluding steroid dienone is 1. The Morgan fingerprint density at radius 2 is 2.19 bits per heavy atom. The number of hydrogen-bond donors (Lipinski definition) is 3. The number of nitrogens with zero attached hydrogens (tertiary/aromatic N) is 4. The standard InChI is InChI=1S/C21H18FN7O2/c1-11-12(7-19(30)25-11)6-13-9-24-29-18(26-14-2-3-14)8-17(27-20(13)29)28-21(31)15-4-5-23-10-16(15)22/h4-6,8-10,14,26H,1-3,7H2,(H,25,30)(H,27,28,31)/b12-6+. The van der Waals surface area contributed by atoms with E-state index in [1.165, 1.54) is 12.3 Å². The highest BCUT2D eigenvalue weighted by Crippen LogP contribution is 2.29. The minimum atomic E-state index is -0.718. The first-order valence-corrected chi connectivity index (χ1v) is 9.74. The number of amides is 2. The molecule has 3 aromatic heterocycles. The smallest absolute Gasteiger partial charge is 0.259 e. The Kier molecular flexibility index (Phi) is 4.46. The molecule has 10 heteroatoms. The van der Waals surface area contributed by atoms with Crippen LogP contribution in [0.3, 0.4) is 0 Å². The Balaban J connectivity index is 1.54. The summed E-state index contributed by atoms with van der Waals surface area (Å²) < 4.78 is 15.6. The molecular formula is C21H18FN7O2. The van der Waals surface area contributed by atoms with Crippen molar-refractivity contribution in [2.45, 2.75) is 25.3 Å². The predicted octanol–water partition coefficient (Wildman–Crippen LogP) is 2.51. The molecule has 1 aliphatic carbocycles. The van der Waals surface area contributed by atoms with Crippen molar-refractivity contribution < 1.29 is 14.0 Å². The maximum atomic E-state index is 13.9. The lowest BCUT2D eigenvalue weighted by Gasteiger charge is -2.11. The van der Waals surface area contributed by atoms with Crippen molar-refractivity contribution in [3.8, 4) is 0 Å². The number of anilines is 2. The van der Waals surface area contributed by atoms with Gasteiger partial charge in [-0.1, -0.05) is 6.58 Å². The summed E-state index contributed by atoms with van der Waals surface area (Å²) in [5.41, 5.74) is 2.30. The topological polar surface area (TPSA) is 113 Å². The van der Waals surface area contributed by atoms with Crippen molar-refractivity contribution in [3.05, 3.63) is 65.5 Å². The summed E-state index contributed by atoms with van der Waals surface area (Å²) in [5.74, 6) is -0.570.